The van der Waals surface area contributed by atoms with E-state index in [2.05, 4.69) is 0 Å². The first-order valence-corrected chi connectivity index (χ1v) is 9.99. The Morgan fingerprint density at radius 3 is 1.90 bits per heavy atom. The summed E-state index contributed by atoms with van der Waals surface area (Å²) in [4.78, 5) is 11.4. The van der Waals surface area contributed by atoms with E-state index in [0.717, 1.165) is 6.42 Å². The first kappa shape index (κ1) is 19.6. The Labute approximate surface area is 124 Å². The molecule has 0 saturated heterocycles. The second-order valence-electron chi connectivity index (χ2n) is 4.60. The Morgan fingerprint density at radius 1 is 1.00 bits per heavy atom. The lowest BCUT2D eigenvalue weighted by atomic mass is 10.4. The SMILES string of the molecule is CCO[Si](C)(OCC)C(CC)OC(CC)OC(=O)CC. The van der Waals surface area contributed by atoms with Crippen LogP contribution in [0.15, 0.2) is 0 Å². The van der Waals surface area contributed by atoms with Crippen molar-refractivity contribution < 1.29 is 23.1 Å². The van der Waals surface area contributed by atoms with Gasteiger partial charge in [-0.15, -0.1) is 0 Å². The smallest absolute Gasteiger partial charge is 0.364 e. The van der Waals surface area contributed by atoms with E-state index in [1.165, 1.54) is 0 Å². The van der Waals surface area contributed by atoms with Gasteiger partial charge in [0, 0.05) is 26.1 Å². The second kappa shape index (κ2) is 10.3. The van der Waals surface area contributed by atoms with Crippen LogP contribution in [0.1, 0.15) is 53.9 Å². The van der Waals surface area contributed by atoms with Crippen LogP contribution < -0.4 is 0 Å². The van der Waals surface area contributed by atoms with Crippen molar-refractivity contribution >= 4 is 14.5 Å². The summed E-state index contributed by atoms with van der Waals surface area (Å²) < 4.78 is 22.9. The van der Waals surface area contributed by atoms with Crippen LogP contribution in [0, 0.1) is 0 Å². The Bertz CT molecular complexity index is 266. The average molecular weight is 306 g/mol. The molecule has 0 spiro atoms. The zero-order chi connectivity index (χ0) is 15.6. The maximum Gasteiger partial charge on any atom is 0.364 e. The topological polar surface area (TPSA) is 54.0 Å². The number of ether oxygens (including phenoxy) is 2. The molecule has 0 fully saturated rings. The molecule has 2 atom stereocenters. The van der Waals surface area contributed by atoms with Crippen molar-refractivity contribution in [3.63, 3.8) is 0 Å². The van der Waals surface area contributed by atoms with Gasteiger partial charge in [-0.25, -0.2) is 0 Å². The van der Waals surface area contributed by atoms with Gasteiger partial charge in [0.1, 0.15) is 5.73 Å². The Morgan fingerprint density at radius 2 is 1.55 bits per heavy atom. The molecule has 6 heteroatoms. The normalized spacial score (nSPS) is 14.9. The molecular formula is C14H30O5Si. The molecule has 0 amide bonds. The molecule has 20 heavy (non-hydrogen) atoms. The van der Waals surface area contributed by atoms with Gasteiger partial charge in [0.15, 0.2) is 0 Å². The Kier molecular flexibility index (Phi) is 10.1. The molecule has 5 nitrogen and oxygen atoms in total. The van der Waals surface area contributed by atoms with Crippen molar-refractivity contribution in [3.05, 3.63) is 0 Å². The Balaban J connectivity index is 4.80. The zero-order valence-corrected chi connectivity index (χ0v) is 14.7. The highest BCUT2D eigenvalue weighted by Crippen LogP contribution is 2.21. The van der Waals surface area contributed by atoms with E-state index in [-0.39, 0.29) is 11.7 Å². The molecule has 0 heterocycles. The van der Waals surface area contributed by atoms with Crippen molar-refractivity contribution in [2.45, 2.75) is 72.4 Å². The second-order valence-corrected chi connectivity index (χ2v) is 7.85. The lowest BCUT2D eigenvalue weighted by molar-refractivity contribution is -0.186. The van der Waals surface area contributed by atoms with Gasteiger partial charge in [-0.05, 0) is 26.8 Å². The summed E-state index contributed by atoms with van der Waals surface area (Å²) in [6, 6.07) is 0. The van der Waals surface area contributed by atoms with Crippen molar-refractivity contribution in [3.8, 4) is 0 Å². The van der Waals surface area contributed by atoms with Crippen LogP contribution in [0.5, 0.6) is 0 Å². The fourth-order valence-corrected chi connectivity index (χ4v) is 4.75. The van der Waals surface area contributed by atoms with Crippen LogP contribution in [0.4, 0.5) is 0 Å². The number of carbonyl (C=O) groups excluding carboxylic acids is 1. The van der Waals surface area contributed by atoms with Gasteiger partial charge in [-0.2, -0.15) is 0 Å². The van der Waals surface area contributed by atoms with Gasteiger partial charge in [-0.3, -0.25) is 4.79 Å². The van der Waals surface area contributed by atoms with Crippen molar-refractivity contribution in [1.29, 1.82) is 0 Å². The molecule has 0 aliphatic carbocycles. The van der Waals surface area contributed by atoms with Gasteiger partial charge < -0.3 is 18.3 Å². The maximum atomic E-state index is 11.4. The van der Waals surface area contributed by atoms with Crippen molar-refractivity contribution in [2.24, 2.45) is 0 Å². The molecular weight excluding hydrogens is 276 g/mol. The third-order valence-electron chi connectivity index (χ3n) is 3.02. The van der Waals surface area contributed by atoms with E-state index in [0.29, 0.717) is 26.1 Å². The largest absolute Gasteiger partial charge is 0.436 e. The van der Waals surface area contributed by atoms with E-state index < -0.39 is 14.9 Å². The summed E-state index contributed by atoms with van der Waals surface area (Å²) >= 11 is 0. The highest BCUT2D eigenvalue weighted by Gasteiger charge is 2.42. The standard InChI is InChI=1S/C14H30O5Si/c1-7-12(15)18-13(8-2)19-14(9-3)20(6,16-10-4)17-11-5/h13-14H,7-11H2,1-6H3. The van der Waals surface area contributed by atoms with Crippen LogP contribution in [0.3, 0.4) is 0 Å². The molecule has 0 N–H and O–H groups in total. The number of rotatable bonds is 11. The van der Waals surface area contributed by atoms with Crippen LogP contribution >= 0.6 is 0 Å². The molecule has 0 saturated carbocycles. The number of hydrogen-bond acceptors (Lipinski definition) is 5. The quantitative estimate of drug-likeness (QED) is 0.333. The minimum absolute atomic E-state index is 0.156. The van der Waals surface area contributed by atoms with Gasteiger partial charge in [0.2, 0.25) is 6.29 Å². The molecule has 120 valence electrons. The molecule has 0 aliphatic heterocycles. The fourth-order valence-electron chi connectivity index (χ4n) is 2.01. The monoisotopic (exact) mass is 306 g/mol. The number of carbonyl (C=O) groups is 1. The van der Waals surface area contributed by atoms with Gasteiger partial charge in [0.05, 0.1) is 0 Å². The molecule has 0 aromatic heterocycles. The predicted molar refractivity (Wildman–Crippen MR) is 80.5 cm³/mol. The van der Waals surface area contributed by atoms with Crippen LogP contribution in [0.2, 0.25) is 6.55 Å². The highest BCUT2D eigenvalue weighted by atomic mass is 28.4. The lowest BCUT2D eigenvalue weighted by Crippen LogP contribution is -2.53. The Hall–Kier alpha value is -0.433. The van der Waals surface area contributed by atoms with Gasteiger partial charge in [-0.1, -0.05) is 20.8 Å². The van der Waals surface area contributed by atoms with Crippen LogP contribution in [-0.4, -0.2) is 39.8 Å². The molecule has 0 radical (unpaired) electrons. The molecule has 0 rings (SSSR count). The van der Waals surface area contributed by atoms with Crippen LogP contribution in [-0.2, 0) is 23.1 Å². The molecule has 0 aliphatic rings. The van der Waals surface area contributed by atoms with E-state index in [4.69, 9.17) is 18.3 Å². The fraction of sp³-hybridized carbons (Fsp3) is 0.929. The third kappa shape index (κ3) is 6.34. The summed E-state index contributed by atoms with van der Waals surface area (Å²) in [6.45, 7) is 12.8. The summed E-state index contributed by atoms with van der Waals surface area (Å²) in [5.74, 6) is -0.247. The van der Waals surface area contributed by atoms with Crippen LogP contribution in [0.25, 0.3) is 0 Å². The van der Waals surface area contributed by atoms with Crippen molar-refractivity contribution in [1.82, 2.24) is 0 Å². The van der Waals surface area contributed by atoms with E-state index in [1.807, 2.05) is 34.2 Å². The summed E-state index contributed by atoms with van der Waals surface area (Å²) in [5, 5.41) is 0. The first-order valence-electron chi connectivity index (χ1n) is 7.60. The van der Waals surface area contributed by atoms with E-state index >= 15 is 0 Å². The maximum absolute atomic E-state index is 11.4. The number of esters is 1. The van der Waals surface area contributed by atoms with E-state index in [1.54, 1.807) is 6.92 Å². The van der Waals surface area contributed by atoms with Crippen molar-refractivity contribution in [2.75, 3.05) is 13.2 Å². The predicted octanol–water partition coefficient (Wildman–Crippen LogP) is 3.16. The summed E-state index contributed by atoms with van der Waals surface area (Å²) in [6.07, 6.45) is 1.20. The third-order valence-corrected chi connectivity index (χ3v) is 6.46. The van der Waals surface area contributed by atoms with E-state index in [9.17, 15) is 4.79 Å². The zero-order valence-electron chi connectivity index (χ0n) is 13.7. The summed E-state index contributed by atoms with van der Waals surface area (Å²) in [7, 11) is -2.43. The first-order chi connectivity index (χ1) is 9.47. The van der Waals surface area contributed by atoms with Gasteiger partial charge in [0.25, 0.3) is 0 Å². The highest BCUT2D eigenvalue weighted by molar-refractivity contribution is 6.67. The lowest BCUT2D eigenvalue weighted by Gasteiger charge is -2.35. The minimum Gasteiger partial charge on any atom is -0.436 e. The molecule has 0 bridgehead atoms. The molecule has 0 aromatic carbocycles. The average Bonchev–Trinajstić information content (AvgIpc) is 2.43. The minimum atomic E-state index is -2.43. The molecule has 2 unspecified atom stereocenters. The molecule has 0 aromatic rings. The van der Waals surface area contributed by atoms with Gasteiger partial charge >= 0.3 is 14.5 Å². The summed E-state index contributed by atoms with van der Waals surface area (Å²) in [5.41, 5.74) is -0.156. The number of hydrogen-bond donors (Lipinski definition) is 0.